The van der Waals surface area contributed by atoms with E-state index in [0.717, 1.165) is 18.5 Å². The van der Waals surface area contributed by atoms with Crippen LogP contribution in [0.4, 0.5) is 0 Å². The van der Waals surface area contributed by atoms with Gasteiger partial charge in [-0.1, -0.05) is 18.6 Å². The molecule has 6 heteroatoms. The normalized spacial score (nSPS) is 16.6. The average Bonchev–Trinajstić information content (AvgIpc) is 2.60. The Morgan fingerprint density at radius 3 is 2.75 bits per heavy atom. The molecule has 134 valence electrons. The van der Waals surface area contributed by atoms with Crippen molar-refractivity contribution in [2.75, 3.05) is 33.4 Å². The number of hydrogen-bond acceptors (Lipinski definition) is 5. The molecule has 1 saturated heterocycles. The predicted octanol–water partition coefficient (Wildman–Crippen LogP) is 1.90. The summed E-state index contributed by atoms with van der Waals surface area (Å²) in [7, 11) is 1.58. The van der Waals surface area contributed by atoms with Gasteiger partial charge >= 0.3 is 5.97 Å². The lowest BCUT2D eigenvalue weighted by Crippen LogP contribution is -2.32. The number of benzene rings is 1. The van der Waals surface area contributed by atoms with Gasteiger partial charge in [0.05, 0.1) is 13.7 Å². The van der Waals surface area contributed by atoms with Crippen LogP contribution < -0.4 is 15.2 Å². The molecule has 24 heavy (non-hydrogen) atoms. The molecular formula is C18H28N2O4. The van der Waals surface area contributed by atoms with E-state index in [2.05, 4.69) is 4.90 Å². The maximum atomic E-state index is 11.0. The van der Waals surface area contributed by atoms with Crippen molar-refractivity contribution in [1.82, 2.24) is 4.90 Å². The number of piperidine rings is 1. The second-order valence-electron chi connectivity index (χ2n) is 6.20. The largest absolute Gasteiger partial charge is 0.493 e. The van der Waals surface area contributed by atoms with Gasteiger partial charge in [-0.2, -0.15) is 0 Å². The van der Waals surface area contributed by atoms with Crippen molar-refractivity contribution in [1.29, 1.82) is 0 Å². The molecule has 0 spiro atoms. The van der Waals surface area contributed by atoms with Gasteiger partial charge in [0.15, 0.2) is 11.5 Å². The summed E-state index contributed by atoms with van der Waals surface area (Å²) in [5.74, 6) is 0.201. The first-order chi connectivity index (χ1) is 11.6. The fourth-order valence-electron chi connectivity index (χ4n) is 3.02. The van der Waals surface area contributed by atoms with Crippen LogP contribution in [0.15, 0.2) is 18.2 Å². The molecule has 1 aliphatic heterocycles. The van der Waals surface area contributed by atoms with E-state index in [9.17, 15) is 4.79 Å². The van der Waals surface area contributed by atoms with Gasteiger partial charge in [-0.3, -0.25) is 4.79 Å². The van der Waals surface area contributed by atoms with E-state index in [-0.39, 0.29) is 6.42 Å². The molecule has 0 bridgehead atoms. The molecule has 0 aromatic heterocycles. The van der Waals surface area contributed by atoms with E-state index in [0.29, 0.717) is 18.1 Å². The number of nitrogens with zero attached hydrogens (tertiary/aromatic N) is 1. The van der Waals surface area contributed by atoms with E-state index in [1.807, 2.05) is 18.2 Å². The van der Waals surface area contributed by atoms with Crippen LogP contribution in [-0.2, 0) is 11.2 Å². The fraction of sp³-hybridized carbons (Fsp3) is 0.611. The van der Waals surface area contributed by atoms with Gasteiger partial charge in [0.25, 0.3) is 0 Å². The molecule has 0 amide bonds. The van der Waals surface area contributed by atoms with Crippen LogP contribution in [0.2, 0.25) is 0 Å². The monoisotopic (exact) mass is 336 g/mol. The van der Waals surface area contributed by atoms with E-state index < -0.39 is 12.0 Å². The van der Waals surface area contributed by atoms with Crippen LogP contribution in [0.1, 0.15) is 31.2 Å². The van der Waals surface area contributed by atoms with Crippen molar-refractivity contribution in [3.8, 4) is 11.5 Å². The van der Waals surface area contributed by atoms with Gasteiger partial charge in [0.2, 0.25) is 0 Å². The highest BCUT2D eigenvalue weighted by Gasteiger charge is 2.18. The second-order valence-corrected chi connectivity index (χ2v) is 6.20. The van der Waals surface area contributed by atoms with E-state index in [1.54, 1.807) is 7.11 Å². The first-order valence-corrected chi connectivity index (χ1v) is 8.61. The number of carboxylic acids is 1. The number of carboxylic acid groups (broad SMARTS) is 1. The third-order valence-electron chi connectivity index (χ3n) is 4.35. The summed E-state index contributed by atoms with van der Waals surface area (Å²) in [6.07, 6.45) is 5.05. The summed E-state index contributed by atoms with van der Waals surface area (Å²) in [5, 5.41) is 9.02. The van der Waals surface area contributed by atoms with Crippen molar-refractivity contribution in [3.05, 3.63) is 23.8 Å². The Morgan fingerprint density at radius 2 is 2.08 bits per heavy atom. The first-order valence-electron chi connectivity index (χ1n) is 8.61. The maximum absolute atomic E-state index is 11.0. The summed E-state index contributed by atoms with van der Waals surface area (Å²) in [6.45, 7) is 3.95. The number of ether oxygens (including phenoxy) is 2. The number of para-hydroxylation sites is 1. The third kappa shape index (κ3) is 5.39. The number of aliphatic carboxylic acids is 1. The highest BCUT2D eigenvalue weighted by Crippen LogP contribution is 2.32. The van der Waals surface area contributed by atoms with Crippen molar-refractivity contribution in [3.63, 3.8) is 0 Å². The molecule has 0 saturated carbocycles. The highest BCUT2D eigenvalue weighted by atomic mass is 16.5. The topological polar surface area (TPSA) is 85.0 Å². The zero-order valence-electron chi connectivity index (χ0n) is 14.4. The fourth-order valence-corrected chi connectivity index (χ4v) is 3.02. The van der Waals surface area contributed by atoms with Gasteiger partial charge in [0, 0.05) is 18.5 Å². The molecule has 1 aromatic rings. The van der Waals surface area contributed by atoms with Crippen LogP contribution in [0.25, 0.3) is 0 Å². The Kier molecular flexibility index (Phi) is 7.34. The van der Waals surface area contributed by atoms with E-state index in [1.165, 1.54) is 32.4 Å². The molecule has 1 aliphatic rings. The van der Waals surface area contributed by atoms with Crippen molar-refractivity contribution in [2.45, 2.75) is 38.1 Å². The van der Waals surface area contributed by atoms with Crippen molar-refractivity contribution in [2.24, 2.45) is 5.73 Å². The minimum absolute atomic E-state index is 0.216. The van der Waals surface area contributed by atoms with Gasteiger partial charge in [-0.15, -0.1) is 0 Å². The molecule has 3 N–H and O–H groups in total. The SMILES string of the molecule is COc1cccc(CC(N)C(=O)O)c1OCCCN1CCCCC1. The number of carbonyl (C=O) groups is 1. The molecule has 1 fully saturated rings. The molecule has 0 aliphatic carbocycles. The van der Waals surface area contributed by atoms with Crippen LogP contribution in [0.5, 0.6) is 11.5 Å². The number of methoxy groups -OCH3 is 1. The molecule has 6 nitrogen and oxygen atoms in total. The van der Waals surface area contributed by atoms with E-state index >= 15 is 0 Å². The molecule has 1 aromatic carbocycles. The number of hydrogen-bond donors (Lipinski definition) is 2. The molecule has 1 heterocycles. The molecule has 2 rings (SSSR count). The van der Waals surface area contributed by atoms with E-state index in [4.69, 9.17) is 20.3 Å². The Hall–Kier alpha value is -1.79. The predicted molar refractivity (Wildman–Crippen MR) is 92.7 cm³/mol. The zero-order valence-corrected chi connectivity index (χ0v) is 14.4. The van der Waals surface area contributed by atoms with Gasteiger partial charge in [-0.25, -0.2) is 0 Å². The Bertz CT molecular complexity index is 530. The Balaban J connectivity index is 1.92. The van der Waals surface area contributed by atoms with Gasteiger partial charge in [-0.05, 0) is 38.4 Å². The van der Waals surface area contributed by atoms with Gasteiger partial charge in [0.1, 0.15) is 6.04 Å². The quantitative estimate of drug-likeness (QED) is 0.670. The van der Waals surface area contributed by atoms with Crippen LogP contribution in [0, 0.1) is 0 Å². The average molecular weight is 336 g/mol. The number of rotatable bonds is 9. The van der Waals surface area contributed by atoms with Gasteiger partial charge < -0.3 is 25.2 Å². The second kappa shape index (κ2) is 9.49. The maximum Gasteiger partial charge on any atom is 0.320 e. The van der Waals surface area contributed by atoms with Crippen LogP contribution in [0.3, 0.4) is 0 Å². The lowest BCUT2D eigenvalue weighted by atomic mass is 10.0. The smallest absolute Gasteiger partial charge is 0.320 e. The standard InChI is InChI=1S/C18H28N2O4/c1-23-16-8-5-7-14(13-15(19)18(21)22)17(16)24-12-6-11-20-9-3-2-4-10-20/h5,7-8,15H,2-4,6,9-13,19H2,1H3,(H,21,22). The molecule has 0 radical (unpaired) electrons. The summed E-state index contributed by atoms with van der Waals surface area (Å²) in [4.78, 5) is 13.5. The summed E-state index contributed by atoms with van der Waals surface area (Å²) >= 11 is 0. The molecular weight excluding hydrogens is 308 g/mol. The minimum Gasteiger partial charge on any atom is -0.493 e. The summed E-state index contributed by atoms with van der Waals surface area (Å²) < 4.78 is 11.3. The van der Waals surface area contributed by atoms with Crippen LogP contribution in [-0.4, -0.2) is 55.4 Å². The third-order valence-corrected chi connectivity index (χ3v) is 4.35. The lowest BCUT2D eigenvalue weighted by Gasteiger charge is -2.26. The van der Waals surface area contributed by atoms with Crippen LogP contribution >= 0.6 is 0 Å². The zero-order chi connectivity index (χ0) is 17.4. The Morgan fingerprint density at radius 1 is 1.33 bits per heavy atom. The molecule has 1 atom stereocenters. The lowest BCUT2D eigenvalue weighted by molar-refractivity contribution is -0.138. The van der Waals surface area contributed by atoms with Crippen molar-refractivity contribution < 1.29 is 19.4 Å². The first kappa shape index (κ1) is 18.5. The highest BCUT2D eigenvalue weighted by molar-refractivity contribution is 5.73. The number of nitrogens with two attached hydrogens (primary N) is 1. The Labute approximate surface area is 143 Å². The summed E-state index contributed by atoms with van der Waals surface area (Å²) in [5.41, 5.74) is 6.42. The van der Waals surface area contributed by atoms with Crippen molar-refractivity contribution >= 4 is 5.97 Å². The minimum atomic E-state index is -1.02. The number of likely N-dealkylation sites (tertiary alicyclic amines) is 1. The molecule has 1 unspecified atom stereocenters. The summed E-state index contributed by atoms with van der Waals surface area (Å²) in [6, 6.07) is 4.53.